The normalized spacial score (nSPS) is 19.2. The minimum absolute atomic E-state index is 0.104. The summed E-state index contributed by atoms with van der Waals surface area (Å²) in [5, 5.41) is 2.78. The highest BCUT2D eigenvalue weighted by Crippen LogP contribution is 2.10. The van der Waals surface area contributed by atoms with Crippen molar-refractivity contribution in [1.82, 2.24) is 14.7 Å². The molecule has 1 aromatic carbocycles. The molecule has 25 heavy (non-hydrogen) atoms. The maximum Gasteiger partial charge on any atom is 0.238 e. The molecule has 2 heterocycles. The lowest BCUT2D eigenvalue weighted by molar-refractivity contribution is -0.132. The maximum absolute atomic E-state index is 12.9. The minimum Gasteiger partial charge on any atom is -0.342 e. The Hall–Kier alpha value is -1.99. The highest BCUT2D eigenvalue weighted by molar-refractivity contribution is 5.92. The average Bonchev–Trinajstić information content (AvgIpc) is 3.13. The number of hydrogen-bond donors (Lipinski definition) is 1. The van der Waals surface area contributed by atoms with Crippen molar-refractivity contribution in [3.05, 3.63) is 30.1 Å². The number of nitrogens with one attached hydrogen (secondary N) is 1. The van der Waals surface area contributed by atoms with E-state index in [4.69, 9.17) is 0 Å². The number of anilines is 1. The number of halogens is 1. The van der Waals surface area contributed by atoms with Gasteiger partial charge in [-0.2, -0.15) is 0 Å². The second-order valence-electron chi connectivity index (χ2n) is 6.70. The molecule has 0 unspecified atom stereocenters. The molecule has 136 valence electrons. The van der Waals surface area contributed by atoms with Gasteiger partial charge in [0.2, 0.25) is 11.8 Å². The minimum atomic E-state index is -0.322. The molecule has 0 aliphatic carbocycles. The van der Waals surface area contributed by atoms with Gasteiger partial charge in [-0.05, 0) is 37.1 Å². The van der Waals surface area contributed by atoms with Crippen LogP contribution in [-0.2, 0) is 9.59 Å². The Labute approximate surface area is 147 Å². The predicted octanol–water partition coefficient (Wildman–Crippen LogP) is 1.00. The summed E-state index contributed by atoms with van der Waals surface area (Å²) in [6, 6.07) is 5.75. The van der Waals surface area contributed by atoms with Gasteiger partial charge >= 0.3 is 0 Å². The van der Waals surface area contributed by atoms with Crippen LogP contribution in [0.15, 0.2) is 24.3 Å². The first kappa shape index (κ1) is 17.8. The quantitative estimate of drug-likeness (QED) is 0.863. The van der Waals surface area contributed by atoms with Gasteiger partial charge in [0, 0.05) is 45.0 Å². The van der Waals surface area contributed by atoms with Gasteiger partial charge in [0.15, 0.2) is 0 Å². The van der Waals surface area contributed by atoms with E-state index in [1.807, 2.05) is 4.90 Å². The Morgan fingerprint density at radius 1 is 0.880 bits per heavy atom. The lowest BCUT2D eigenvalue weighted by Crippen LogP contribution is -2.51. The summed E-state index contributed by atoms with van der Waals surface area (Å²) in [7, 11) is 0. The first-order valence-electron chi connectivity index (χ1n) is 8.88. The molecule has 0 saturated carbocycles. The molecule has 3 rings (SSSR count). The summed E-state index contributed by atoms with van der Waals surface area (Å²) in [6.45, 7) is 5.70. The third-order valence-corrected chi connectivity index (χ3v) is 4.78. The van der Waals surface area contributed by atoms with Crippen molar-refractivity contribution in [1.29, 1.82) is 0 Å². The number of benzene rings is 1. The van der Waals surface area contributed by atoms with Gasteiger partial charge in [-0.25, -0.2) is 4.39 Å². The molecule has 0 aromatic heterocycles. The molecule has 2 saturated heterocycles. The highest BCUT2D eigenvalue weighted by atomic mass is 19.1. The molecule has 2 aliphatic heterocycles. The molecular formula is C18H25FN4O2. The second-order valence-corrected chi connectivity index (χ2v) is 6.70. The molecule has 0 bridgehead atoms. The fraction of sp³-hybridized carbons (Fsp3) is 0.556. The van der Waals surface area contributed by atoms with Crippen LogP contribution in [0.1, 0.15) is 12.8 Å². The lowest BCUT2D eigenvalue weighted by atomic mass is 10.3. The summed E-state index contributed by atoms with van der Waals surface area (Å²) < 4.78 is 12.9. The van der Waals surface area contributed by atoms with Crippen LogP contribution in [0.5, 0.6) is 0 Å². The molecule has 2 aliphatic rings. The van der Waals surface area contributed by atoms with Gasteiger partial charge in [0.25, 0.3) is 0 Å². The second kappa shape index (κ2) is 8.40. The van der Waals surface area contributed by atoms with E-state index in [9.17, 15) is 14.0 Å². The SMILES string of the molecule is O=C(CN1CCN(CC(=O)N2CCCC2)CC1)Nc1ccc(F)cc1. The molecule has 0 spiro atoms. The summed E-state index contributed by atoms with van der Waals surface area (Å²) in [5.74, 6) is -0.203. The third-order valence-electron chi connectivity index (χ3n) is 4.78. The summed E-state index contributed by atoms with van der Waals surface area (Å²) in [5.41, 5.74) is 0.598. The first-order valence-corrected chi connectivity index (χ1v) is 8.88. The molecule has 2 amide bonds. The van der Waals surface area contributed by atoms with Crippen molar-refractivity contribution in [2.75, 3.05) is 57.7 Å². The number of carbonyl (C=O) groups is 2. The van der Waals surface area contributed by atoms with Crippen LogP contribution >= 0.6 is 0 Å². The fourth-order valence-electron chi connectivity index (χ4n) is 3.30. The van der Waals surface area contributed by atoms with E-state index < -0.39 is 0 Å². The van der Waals surface area contributed by atoms with Crippen molar-refractivity contribution < 1.29 is 14.0 Å². The number of piperazine rings is 1. The smallest absolute Gasteiger partial charge is 0.238 e. The van der Waals surface area contributed by atoms with Crippen molar-refractivity contribution in [2.45, 2.75) is 12.8 Å². The van der Waals surface area contributed by atoms with Crippen LogP contribution in [0.4, 0.5) is 10.1 Å². The maximum atomic E-state index is 12.9. The zero-order valence-electron chi connectivity index (χ0n) is 14.4. The van der Waals surface area contributed by atoms with Crippen LogP contribution in [0, 0.1) is 5.82 Å². The monoisotopic (exact) mass is 348 g/mol. The Bertz CT molecular complexity index is 594. The molecule has 2 fully saturated rings. The van der Waals surface area contributed by atoms with Crippen LogP contribution in [0.2, 0.25) is 0 Å². The fourth-order valence-corrected chi connectivity index (χ4v) is 3.30. The average molecular weight is 348 g/mol. The van der Waals surface area contributed by atoms with E-state index in [1.165, 1.54) is 12.1 Å². The number of nitrogens with zero attached hydrogens (tertiary/aromatic N) is 3. The number of rotatable bonds is 5. The zero-order valence-corrected chi connectivity index (χ0v) is 14.4. The molecule has 7 heteroatoms. The van der Waals surface area contributed by atoms with Crippen LogP contribution < -0.4 is 5.32 Å². The Morgan fingerprint density at radius 2 is 1.44 bits per heavy atom. The van der Waals surface area contributed by atoms with E-state index in [1.54, 1.807) is 12.1 Å². The van der Waals surface area contributed by atoms with Crippen molar-refractivity contribution in [3.63, 3.8) is 0 Å². The number of likely N-dealkylation sites (tertiary alicyclic amines) is 1. The predicted molar refractivity (Wildman–Crippen MR) is 93.7 cm³/mol. The van der Waals surface area contributed by atoms with Crippen LogP contribution in [-0.4, -0.2) is 78.9 Å². The Morgan fingerprint density at radius 3 is 2.04 bits per heavy atom. The number of carbonyl (C=O) groups excluding carboxylic acids is 2. The first-order chi connectivity index (χ1) is 12.1. The van der Waals surface area contributed by atoms with E-state index in [0.29, 0.717) is 18.8 Å². The largest absolute Gasteiger partial charge is 0.342 e. The van der Waals surface area contributed by atoms with Crippen molar-refractivity contribution in [3.8, 4) is 0 Å². The molecule has 1 N–H and O–H groups in total. The molecule has 6 nitrogen and oxygen atoms in total. The van der Waals surface area contributed by atoms with E-state index >= 15 is 0 Å². The highest BCUT2D eigenvalue weighted by Gasteiger charge is 2.24. The van der Waals surface area contributed by atoms with Gasteiger partial charge in [-0.15, -0.1) is 0 Å². The van der Waals surface area contributed by atoms with E-state index in [2.05, 4.69) is 15.1 Å². The van der Waals surface area contributed by atoms with Gasteiger partial charge in [0.05, 0.1) is 13.1 Å². The van der Waals surface area contributed by atoms with Crippen molar-refractivity contribution >= 4 is 17.5 Å². The van der Waals surface area contributed by atoms with Gasteiger partial charge in [-0.1, -0.05) is 0 Å². The molecule has 0 radical (unpaired) electrons. The Balaban J connectivity index is 1.37. The van der Waals surface area contributed by atoms with Crippen molar-refractivity contribution in [2.24, 2.45) is 0 Å². The van der Waals surface area contributed by atoms with Gasteiger partial charge < -0.3 is 10.2 Å². The summed E-state index contributed by atoms with van der Waals surface area (Å²) >= 11 is 0. The van der Waals surface area contributed by atoms with Gasteiger partial charge in [-0.3, -0.25) is 19.4 Å². The summed E-state index contributed by atoms with van der Waals surface area (Å²) in [4.78, 5) is 30.4. The molecule has 0 atom stereocenters. The zero-order chi connectivity index (χ0) is 17.6. The molecule has 1 aromatic rings. The third kappa shape index (κ3) is 5.24. The lowest BCUT2D eigenvalue weighted by Gasteiger charge is -2.34. The number of hydrogen-bond acceptors (Lipinski definition) is 4. The van der Waals surface area contributed by atoms with Gasteiger partial charge in [0.1, 0.15) is 5.82 Å². The van der Waals surface area contributed by atoms with Crippen LogP contribution in [0.3, 0.4) is 0 Å². The van der Waals surface area contributed by atoms with Crippen LogP contribution in [0.25, 0.3) is 0 Å². The summed E-state index contributed by atoms with van der Waals surface area (Å²) in [6.07, 6.45) is 2.23. The Kier molecular flexibility index (Phi) is 5.99. The van der Waals surface area contributed by atoms with E-state index in [0.717, 1.165) is 52.1 Å². The standard InChI is InChI=1S/C18H25FN4O2/c19-15-3-5-16(6-4-15)20-17(24)13-21-9-11-22(12-10-21)14-18(25)23-7-1-2-8-23/h3-6H,1-2,7-14H2,(H,20,24). The van der Waals surface area contributed by atoms with E-state index in [-0.39, 0.29) is 17.6 Å². The topological polar surface area (TPSA) is 55.9 Å². The molecular weight excluding hydrogens is 323 g/mol. The number of amides is 2.